The van der Waals surface area contributed by atoms with Gasteiger partial charge in [-0.3, -0.25) is 4.79 Å². The normalized spacial score (nSPS) is 10.6. The summed E-state index contributed by atoms with van der Waals surface area (Å²) in [5.74, 6) is 0.107. The number of Topliss-reactive ketones (excluding diaryl/α,β-unsaturated/α-hetero) is 1. The van der Waals surface area contributed by atoms with Crippen molar-refractivity contribution in [2.75, 3.05) is 11.9 Å². The van der Waals surface area contributed by atoms with Gasteiger partial charge in [-0.25, -0.2) is 0 Å². The molecular formula is C20H19NO. The number of fused-ring (bicyclic) bond motifs is 1. The van der Waals surface area contributed by atoms with Gasteiger partial charge in [-0.2, -0.15) is 0 Å². The number of carbonyl (C=O) groups excluding carboxylic acids is 1. The van der Waals surface area contributed by atoms with E-state index in [9.17, 15) is 4.79 Å². The van der Waals surface area contributed by atoms with Crippen molar-refractivity contribution < 1.29 is 4.79 Å². The zero-order valence-corrected chi connectivity index (χ0v) is 12.9. The summed E-state index contributed by atoms with van der Waals surface area (Å²) in [6.07, 6.45) is 0. The maximum absolute atomic E-state index is 12.4. The van der Waals surface area contributed by atoms with Crippen molar-refractivity contribution in [3.8, 4) is 0 Å². The number of hydrogen-bond acceptors (Lipinski definition) is 2. The van der Waals surface area contributed by atoms with Crippen LogP contribution in [-0.2, 0) is 0 Å². The molecule has 0 amide bonds. The van der Waals surface area contributed by atoms with Gasteiger partial charge < -0.3 is 5.32 Å². The van der Waals surface area contributed by atoms with E-state index in [1.54, 1.807) is 0 Å². The molecule has 1 N–H and O–H groups in total. The molecule has 0 saturated heterocycles. The van der Waals surface area contributed by atoms with Crippen LogP contribution in [-0.4, -0.2) is 12.3 Å². The van der Waals surface area contributed by atoms with E-state index in [1.165, 1.54) is 10.9 Å². The summed E-state index contributed by atoms with van der Waals surface area (Å²) in [5.41, 5.74) is 4.11. The van der Waals surface area contributed by atoms with Gasteiger partial charge >= 0.3 is 0 Å². The first-order chi connectivity index (χ1) is 10.6. The van der Waals surface area contributed by atoms with E-state index in [2.05, 4.69) is 30.4 Å². The number of aryl methyl sites for hydroxylation is 2. The van der Waals surface area contributed by atoms with Crippen LogP contribution in [0.2, 0.25) is 0 Å². The van der Waals surface area contributed by atoms with Crippen molar-refractivity contribution in [2.45, 2.75) is 13.8 Å². The minimum atomic E-state index is 0.107. The predicted molar refractivity (Wildman–Crippen MR) is 92.7 cm³/mol. The Balaban J connectivity index is 1.79. The molecule has 3 aromatic carbocycles. The molecule has 0 aliphatic rings. The van der Waals surface area contributed by atoms with Crippen LogP contribution < -0.4 is 5.32 Å². The molecule has 3 rings (SSSR count). The van der Waals surface area contributed by atoms with Crippen LogP contribution in [0.25, 0.3) is 10.8 Å². The van der Waals surface area contributed by atoms with E-state index in [4.69, 9.17) is 0 Å². The first kappa shape index (κ1) is 14.3. The van der Waals surface area contributed by atoms with Crippen molar-refractivity contribution in [1.82, 2.24) is 0 Å². The van der Waals surface area contributed by atoms with E-state index in [-0.39, 0.29) is 5.78 Å². The Morgan fingerprint density at radius 2 is 1.68 bits per heavy atom. The molecule has 0 atom stereocenters. The van der Waals surface area contributed by atoms with Crippen LogP contribution >= 0.6 is 0 Å². The average Bonchev–Trinajstić information content (AvgIpc) is 2.55. The third kappa shape index (κ3) is 2.86. The molecule has 0 saturated carbocycles. The number of benzene rings is 3. The lowest BCUT2D eigenvalue weighted by atomic mass is 10.0. The fourth-order valence-corrected chi connectivity index (χ4v) is 2.57. The first-order valence-corrected chi connectivity index (χ1v) is 7.47. The van der Waals surface area contributed by atoms with E-state index in [0.29, 0.717) is 6.54 Å². The fraction of sp³-hybridized carbons (Fsp3) is 0.150. The van der Waals surface area contributed by atoms with Crippen LogP contribution in [0.4, 0.5) is 5.69 Å². The Bertz CT molecular complexity index is 831. The van der Waals surface area contributed by atoms with Crippen molar-refractivity contribution >= 4 is 22.2 Å². The highest BCUT2D eigenvalue weighted by atomic mass is 16.1. The standard InChI is InChI=1S/C20H19NO/c1-14-10-11-17(12-15(14)2)20(22)13-21-19-9-5-7-16-6-3-4-8-18(16)19/h3-12,21H,13H2,1-2H3. The largest absolute Gasteiger partial charge is 0.377 e. The number of hydrogen-bond donors (Lipinski definition) is 1. The molecule has 110 valence electrons. The van der Waals surface area contributed by atoms with Gasteiger partial charge in [0.15, 0.2) is 5.78 Å². The van der Waals surface area contributed by atoms with Gasteiger partial charge in [0.2, 0.25) is 0 Å². The molecule has 22 heavy (non-hydrogen) atoms. The van der Waals surface area contributed by atoms with Crippen LogP contribution in [0, 0.1) is 13.8 Å². The van der Waals surface area contributed by atoms with Crippen LogP contribution in [0.5, 0.6) is 0 Å². The topological polar surface area (TPSA) is 29.1 Å². The lowest BCUT2D eigenvalue weighted by Crippen LogP contribution is -2.14. The van der Waals surface area contributed by atoms with Gasteiger partial charge in [0.05, 0.1) is 6.54 Å². The van der Waals surface area contributed by atoms with Gasteiger partial charge in [0, 0.05) is 16.6 Å². The quantitative estimate of drug-likeness (QED) is 0.702. The van der Waals surface area contributed by atoms with E-state index < -0.39 is 0 Å². The third-order valence-corrected chi connectivity index (χ3v) is 4.06. The highest BCUT2D eigenvalue weighted by Gasteiger charge is 2.08. The Morgan fingerprint density at radius 1 is 0.909 bits per heavy atom. The number of nitrogens with one attached hydrogen (secondary N) is 1. The second-order valence-corrected chi connectivity index (χ2v) is 5.60. The molecule has 0 bridgehead atoms. The van der Waals surface area contributed by atoms with E-state index in [0.717, 1.165) is 22.2 Å². The molecule has 0 unspecified atom stereocenters. The highest BCUT2D eigenvalue weighted by Crippen LogP contribution is 2.23. The van der Waals surface area contributed by atoms with Gasteiger partial charge in [0.1, 0.15) is 0 Å². The van der Waals surface area contributed by atoms with Gasteiger partial charge in [-0.1, -0.05) is 48.5 Å². The van der Waals surface area contributed by atoms with Crippen molar-refractivity contribution in [3.05, 3.63) is 77.4 Å². The summed E-state index contributed by atoms with van der Waals surface area (Å²) in [5, 5.41) is 5.58. The highest BCUT2D eigenvalue weighted by molar-refractivity contribution is 6.01. The number of carbonyl (C=O) groups is 1. The smallest absolute Gasteiger partial charge is 0.181 e. The van der Waals surface area contributed by atoms with E-state index >= 15 is 0 Å². The molecule has 2 nitrogen and oxygen atoms in total. The minimum Gasteiger partial charge on any atom is -0.377 e. The summed E-state index contributed by atoms with van der Waals surface area (Å²) < 4.78 is 0. The summed E-state index contributed by atoms with van der Waals surface area (Å²) >= 11 is 0. The fourth-order valence-electron chi connectivity index (χ4n) is 2.57. The second kappa shape index (κ2) is 6.02. The summed E-state index contributed by atoms with van der Waals surface area (Å²) in [6, 6.07) is 20.1. The molecular weight excluding hydrogens is 270 g/mol. The van der Waals surface area contributed by atoms with Crippen LogP contribution in [0.3, 0.4) is 0 Å². The molecule has 0 spiro atoms. The number of ketones is 1. The Labute approximate surface area is 130 Å². The molecule has 0 heterocycles. The summed E-state index contributed by atoms with van der Waals surface area (Å²) in [4.78, 5) is 12.4. The molecule has 0 aliphatic carbocycles. The van der Waals surface area contributed by atoms with Gasteiger partial charge in [-0.15, -0.1) is 0 Å². The second-order valence-electron chi connectivity index (χ2n) is 5.60. The molecule has 0 radical (unpaired) electrons. The Kier molecular flexibility index (Phi) is 3.92. The third-order valence-electron chi connectivity index (χ3n) is 4.06. The number of anilines is 1. The zero-order valence-electron chi connectivity index (χ0n) is 12.9. The average molecular weight is 289 g/mol. The molecule has 3 aromatic rings. The Morgan fingerprint density at radius 3 is 2.50 bits per heavy atom. The van der Waals surface area contributed by atoms with Gasteiger partial charge in [-0.05, 0) is 42.5 Å². The molecule has 0 fully saturated rings. The SMILES string of the molecule is Cc1ccc(C(=O)CNc2cccc3ccccc23)cc1C. The van der Waals surface area contributed by atoms with Gasteiger partial charge in [0.25, 0.3) is 0 Å². The lowest BCUT2D eigenvalue weighted by Gasteiger charge is -2.10. The minimum absolute atomic E-state index is 0.107. The van der Waals surface area contributed by atoms with E-state index in [1.807, 2.05) is 49.4 Å². The van der Waals surface area contributed by atoms with Crippen molar-refractivity contribution in [3.63, 3.8) is 0 Å². The Hall–Kier alpha value is -2.61. The zero-order chi connectivity index (χ0) is 15.5. The maximum atomic E-state index is 12.4. The predicted octanol–water partition coefficient (Wildman–Crippen LogP) is 4.75. The maximum Gasteiger partial charge on any atom is 0.181 e. The lowest BCUT2D eigenvalue weighted by molar-refractivity contribution is 0.101. The molecule has 0 aromatic heterocycles. The summed E-state index contributed by atoms with van der Waals surface area (Å²) in [6.45, 7) is 4.39. The number of rotatable bonds is 4. The molecule has 2 heteroatoms. The first-order valence-electron chi connectivity index (χ1n) is 7.47. The molecule has 0 aliphatic heterocycles. The van der Waals surface area contributed by atoms with Crippen LogP contribution in [0.15, 0.2) is 60.7 Å². The van der Waals surface area contributed by atoms with Crippen molar-refractivity contribution in [2.24, 2.45) is 0 Å². The summed E-state index contributed by atoms with van der Waals surface area (Å²) in [7, 11) is 0. The monoisotopic (exact) mass is 289 g/mol. The van der Waals surface area contributed by atoms with Crippen LogP contribution in [0.1, 0.15) is 21.5 Å². The van der Waals surface area contributed by atoms with Crippen molar-refractivity contribution in [1.29, 1.82) is 0 Å².